The van der Waals surface area contributed by atoms with E-state index in [9.17, 15) is 8.78 Å². The van der Waals surface area contributed by atoms with Crippen LogP contribution in [0.4, 0.5) is 8.78 Å². The lowest BCUT2D eigenvalue weighted by Gasteiger charge is -2.12. The van der Waals surface area contributed by atoms with Crippen molar-refractivity contribution in [2.75, 3.05) is 0 Å². The van der Waals surface area contributed by atoms with Crippen LogP contribution in [0.3, 0.4) is 0 Å². The number of rotatable bonds is 5. The Kier molecular flexibility index (Phi) is 7.26. The van der Waals surface area contributed by atoms with Crippen LogP contribution < -0.4 is 5.73 Å². The molecule has 92 valence electrons. The summed E-state index contributed by atoms with van der Waals surface area (Å²) in [5.41, 5.74) is 6.08. The van der Waals surface area contributed by atoms with Gasteiger partial charge < -0.3 is 5.73 Å². The van der Waals surface area contributed by atoms with Crippen molar-refractivity contribution in [3.63, 3.8) is 0 Å². The zero-order chi connectivity index (χ0) is 11.3. The van der Waals surface area contributed by atoms with Gasteiger partial charge in [-0.1, -0.05) is 26.2 Å². The van der Waals surface area contributed by atoms with Crippen molar-refractivity contribution in [3.8, 4) is 0 Å². The van der Waals surface area contributed by atoms with Gasteiger partial charge in [-0.25, -0.2) is 8.78 Å². The number of nitrogens with two attached hydrogens (primary N) is 1. The Morgan fingerprint density at radius 2 is 1.94 bits per heavy atom. The fourth-order valence-corrected chi connectivity index (χ4v) is 1.57. The van der Waals surface area contributed by atoms with Crippen molar-refractivity contribution in [2.24, 2.45) is 5.73 Å². The van der Waals surface area contributed by atoms with E-state index in [4.69, 9.17) is 5.73 Å². The minimum Gasteiger partial charge on any atom is -0.324 e. The predicted octanol–water partition coefficient (Wildman–Crippen LogP) is 3.97. The van der Waals surface area contributed by atoms with E-state index < -0.39 is 17.7 Å². The summed E-state index contributed by atoms with van der Waals surface area (Å²) in [6.45, 7) is 2.09. The molecule has 0 fully saturated rings. The van der Waals surface area contributed by atoms with Crippen LogP contribution in [0.2, 0.25) is 0 Å². The average molecular weight is 250 g/mol. The maximum absolute atomic E-state index is 13.3. The van der Waals surface area contributed by atoms with E-state index in [1.165, 1.54) is 6.07 Å². The molecule has 0 saturated carbocycles. The smallest absolute Gasteiger partial charge is 0.128 e. The molecule has 0 heterocycles. The second-order valence-corrected chi connectivity index (χ2v) is 3.77. The van der Waals surface area contributed by atoms with Crippen molar-refractivity contribution >= 4 is 12.4 Å². The third kappa shape index (κ3) is 4.45. The average Bonchev–Trinajstić information content (AvgIpc) is 2.22. The first kappa shape index (κ1) is 15.3. The molecule has 1 aromatic carbocycles. The fraction of sp³-hybridized carbons (Fsp3) is 0.500. The molecule has 1 rings (SSSR count). The normalized spacial score (nSPS) is 12.0. The molecule has 0 spiro atoms. The Balaban J connectivity index is 0.00000225. The van der Waals surface area contributed by atoms with Crippen LogP contribution in [0.1, 0.15) is 44.2 Å². The fourth-order valence-electron chi connectivity index (χ4n) is 1.57. The van der Waals surface area contributed by atoms with Crippen molar-refractivity contribution < 1.29 is 8.78 Å². The minimum atomic E-state index is -0.433. The van der Waals surface area contributed by atoms with Crippen LogP contribution in [0.25, 0.3) is 0 Å². The van der Waals surface area contributed by atoms with Gasteiger partial charge in [-0.2, -0.15) is 0 Å². The molecule has 16 heavy (non-hydrogen) atoms. The first-order valence-electron chi connectivity index (χ1n) is 5.35. The quantitative estimate of drug-likeness (QED) is 0.786. The monoisotopic (exact) mass is 249 g/mol. The van der Waals surface area contributed by atoms with Gasteiger partial charge in [0.1, 0.15) is 11.6 Å². The number of hydrogen-bond donors (Lipinski definition) is 1. The number of benzene rings is 1. The van der Waals surface area contributed by atoms with E-state index in [1.54, 1.807) is 0 Å². The van der Waals surface area contributed by atoms with Crippen LogP contribution in [0.15, 0.2) is 18.2 Å². The van der Waals surface area contributed by atoms with Gasteiger partial charge in [0.15, 0.2) is 0 Å². The number of halogens is 3. The molecule has 0 radical (unpaired) electrons. The lowest BCUT2D eigenvalue weighted by molar-refractivity contribution is 0.528. The minimum absolute atomic E-state index is 0. The van der Waals surface area contributed by atoms with Gasteiger partial charge in [0.2, 0.25) is 0 Å². The summed E-state index contributed by atoms with van der Waals surface area (Å²) >= 11 is 0. The van der Waals surface area contributed by atoms with Crippen molar-refractivity contribution in [1.29, 1.82) is 0 Å². The Bertz CT molecular complexity index is 318. The van der Waals surface area contributed by atoms with Crippen LogP contribution in [0, 0.1) is 11.6 Å². The van der Waals surface area contributed by atoms with Gasteiger partial charge in [0, 0.05) is 11.6 Å². The van der Waals surface area contributed by atoms with E-state index in [1.807, 2.05) is 0 Å². The SMILES string of the molecule is CCCCC[C@H](N)c1cc(F)ccc1F.Cl. The summed E-state index contributed by atoms with van der Waals surface area (Å²) in [5.74, 6) is -0.849. The largest absolute Gasteiger partial charge is 0.324 e. The first-order chi connectivity index (χ1) is 7.15. The Morgan fingerprint density at radius 1 is 1.25 bits per heavy atom. The Morgan fingerprint density at radius 3 is 2.56 bits per heavy atom. The highest BCUT2D eigenvalue weighted by atomic mass is 35.5. The molecule has 1 atom stereocenters. The maximum Gasteiger partial charge on any atom is 0.128 e. The van der Waals surface area contributed by atoms with Crippen LogP contribution >= 0.6 is 12.4 Å². The maximum atomic E-state index is 13.3. The summed E-state index contributed by atoms with van der Waals surface area (Å²) in [6.07, 6.45) is 3.82. The number of hydrogen-bond acceptors (Lipinski definition) is 1. The van der Waals surface area contributed by atoms with Gasteiger partial charge in [0.05, 0.1) is 0 Å². The zero-order valence-corrected chi connectivity index (χ0v) is 10.2. The first-order valence-corrected chi connectivity index (χ1v) is 5.35. The molecule has 0 aliphatic carbocycles. The molecule has 0 saturated heterocycles. The topological polar surface area (TPSA) is 26.0 Å². The van der Waals surface area contributed by atoms with Crippen LogP contribution in [0.5, 0.6) is 0 Å². The van der Waals surface area contributed by atoms with Gasteiger partial charge in [0.25, 0.3) is 0 Å². The molecule has 0 unspecified atom stereocenters. The molecule has 2 N–H and O–H groups in total. The molecule has 0 aliphatic rings. The molecule has 1 nitrogen and oxygen atoms in total. The standard InChI is InChI=1S/C12H17F2N.ClH/c1-2-3-4-5-12(15)10-8-9(13)6-7-11(10)14;/h6-8,12H,2-5,15H2,1H3;1H/t12-;/m0./s1. The van der Waals surface area contributed by atoms with E-state index in [0.29, 0.717) is 6.42 Å². The van der Waals surface area contributed by atoms with E-state index in [2.05, 4.69) is 6.92 Å². The third-order valence-electron chi connectivity index (χ3n) is 2.48. The van der Waals surface area contributed by atoms with E-state index >= 15 is 0 Å². The molecular formula is C12H18ClF2N. The summed E-state index contributed by atoms with van der Waals surface area (Å²) in [6, 6.07) is 3.03. The second kappa shape index (κ2) is 7.58. The van der Waals surface area contributed by atoms with Crippen LogP contribution in [-0.2, 0) is 0 Å². The predicted molar refractivity (Wildman–Crippen MR) is 64.7 cm³/mol. The van der Waals surface area contributed by atoms with Crippen molar-refractivity contribution in [3.05, 3.63) is 35.4 Å². The Hall–Kier alpha value is -0.670. The highest BCUT2D eigenvalue weighted by Gasteiger charge is 2.11. The summed E-state index contributed by atoms with van der Waals surface area (Å²) in [5, 5.41) is 0. The highest BCUT2D eigenvalue weighted by molar-refractivity contribution is 5.85. The molecule has 0 aromatic heterocycles. The molecule has 0 bridgehead atoms. The molecule has 0 aliphatic heterocycles. The van der Waals surface area contributed by atoms with Gasteiger partial charge >= 0.3 is 0 Å². The molecular weight excluding hydrogens is 232 g/mol. The molecule has 4 heteroatoms. The zero-order valence-electron chi connectivity index (χ0n) is 9.38. The van der Waals surface area contributed by atoms with Gasteiger partial charge in [-0.3, -0.25) is 0 Å². The second-order valence-electron chi connectivity index (χ2n) is 3.77. The summed E-state index contributed by atoms with van der Waals surface area (Å²) in [4.78, 5) is 0. The number of unbranched alkanes of at least 4 members (excludes halogenated alkanes) is 2. The Labute approximate surface area is 101 Å². The third-order valence-corrected chi connectivity index (χ3v) is 2.48. The van der Waals surface area contributed by atoms with Crippen LogP contribution in [-0.4, -0.2) is 0 Å². The van der Waals surface area contributed by atoms with E-state index in [-0.39, 0.29) is 18.0 Å². The summed E-state index contributed by atoms with van der Waals surface area (Å²) in [7, 11) is 0. The van der Waals surface area contributed by atoms with Gasteiger partial charge in [-0.05, 0) is 24.6 Å². The molecule has 1 aromatic rings. The highest BCUT2D eigenvalue weighted by Crippen LogP contribution is 2.21. The van der Waals surface area contributed by atoms with Gasteiger partial charge in [-0.15, -0.1) is 12.4 Å². The summed E-state index contributed by atoms with van der Waals surface area (Å²) < 4.78 is 26.2. The lowest BCUT2D eigenvalue weighted by atomic mass is 10.0. The van der Waals surface area contributed by atoms with Crippen molar-refractivity contribution in [2.45, 2.75) is 38.6 Å². The van der Waals surface area contributed by atoms with Crippen molar-refractivity contribution in [1.82, 2.24) is 0 Å². The molecule has 0 amide bonds. The van der Waals surface area contributed by atoms with E-state index in [0.717, 1.165) is 31.4 Å². The lowest BCUT2D eigenvalue weighted by Crippen LogP contribution is -2.12.